The van der Waals surface area contributed by atoms with Gasteiger partial charge in [-0.05, 0) is 29.7 Å². The van der Waals surface area contributed by atoms with Gasteiger partial charge in [0, 0.05) is 44.9 Å². The molecule has 3 nitrogen and oxygen atoms in total. The maximum absolute atomic E-state index is 13.6. The fraction of sp³-hybridized carbons (Fsp3) is 0.353. The first-order valence-corrected chi connectivity index (χ1v) is 7.29. The molecular weight excluding hydrogens is 267 g/mol. The van der Waals surface area contributed by atoms with Crippen molar-refractivity contribution >= 4 is 5.91 Å². The minimum absolute atomic E-state index is 0.104. The van der Waals surface area contributed by atoms with Crippen LogP contribution in [0.2, 0.25) is 0 Å². The number of nitrogens with zero attached hydrogens (tertiary/aromatic N) is 2. The van der Waals surface area contributed by atoms with Crippen LogP contribution in [0.15, 0.2) is 36.5 Å². The second-order valence-corrected chi connectivity index (χ2v) is 5.56. The molecule has 3 rings (SSSR count). The van der Waals surface area contributed by atoms with Gasteiger partial charge in [0.05, 0.1) is 0 Å². The summed E-state index contributed by atoms with van der Waals surface area (Å²) in [5.41, 5.74) is 3.15. The maximum atomic E-state index is 13.6. The van der Waals surface area contributed by atoms with Crippen molar-refractivity contribution in [3.8, 4) is 0 Å². The lowest BCUT2D eigenvalue weighted by atomic mass is 10.1. The van der Waals surface area contributed by atoms with Gasteiger partial charge in [0.1, 0.15) is 5.82 Å². The summed E-state index contributed by atoms with van der Waals surface area (Å²) < 4.78 is 15.7. The van der Waals surface area contributed by atoms with Crippen molar-refractivity contribution in [3.63, 3.8) is 0 Å². The van der Waals surface area contributed by atoms with Crippen molar-refractivity contribution < 1.29 is 9.18 Å². The molecule has 0 saturated carbocycles. The Balaban J connectivity index is 1.61. The fourth-order valence-corrected chi connectivity index (χ4v) is 2.93. The Kier molecular flexibility index (Phi) is 3.78. The van der Waals surface area contributed by atoms with Crippen LogP contribution in [0.5, 0.6) is 0 Å². The average Bonchev–Trinajstić information content (AvgIpc) is 2.87. The number of aryl methyl sites for hydroxylation is 2. The molecule has 1 amide bonds. The van der Waals surface area contributed by atoms with E-state index in [0.29, 0.717) is 24.9 Å². The number of hydrogen-bond donors (Lipinski definition) is 0. The first kappa shape index (κ1) is 13.9. The predicted octanol–water partition coefficient (Wildman–Crippen LogP) is 2.68. The zero-order valence-electron chi connectivity index (χ0n) is 12.2. The topological polar surface area (TPSA) is 25.2 Å². The van der Waals surface area contributed by atoms with Crippen LogP contribution in [0.1, 0.15) is 23.2 Å². The molecule has 0 spiro atoms. The van der Waals surface area contributed by atoms with E-state index < -0.39 is 0 Å². The van der Waals surface area contributed by atoms with E-state index in [0.717, 1.165) is 13.0 Å². The number of hydrogen-bond acceptors (Lipinski definition) is 1. The maximum Gasteiger partial charge on any atom is 0.223 e. The molecule has 0 N–H and O–H groups in total. The van der Waals surface area contributed by atoms with Gasteiger partial charge in [-0.3, -0.25) is 4.79 Å². The highest BCUT2D eigenvalue weighted by Gasteiger charge is 2.22. The minimum Gasteiger partial charge on any atom is -0.354 e. The van der Waals surface area contributed by atoms with Crippen LogP contribution < -0.4 is 0 Å². The third kappa shape index (κ3) is 2.84. The Labute approximate surface area is 124 Å². The van der Waals surface area contributed by atoms with Crippen LogP contribution in [-0.4, -0.2) is 21.9 Å². The molecule has 2 heterocycles. The number of aromatic nitrogens is 1. The highest BCUT2D eigenvalue weighted by atomic mass is 19.1. The standard InChI is InChI=1S/C17H19FN2O/c1-19-10-8-14-12-20(11-9-16(14)19)17(21)7-6-13-4-2-3-5-15(13)18/h2-5,8,10H,6-7,9,11-12H2,1H3. The van der Waals surface area contributed by atoms with E-state index in [1.54, 1.807) is 18.2 Å². The van der Waals surface area contributed by atoms with Crippen molar-refractivity contribution in [1.29, 1.82) is 0 Å². The van der Waals surface area contributed by atoms with Gasteiger partial charge in [-0.2, -0.15) is 0 Å². The summed E-state index contributed by atoms with van der Waals surface area (Å²) >= 11 is 0. The fourth-order valence-electron chi connectivity index (χ4n) is 2.93. The Hall–Kier alpha value is -2.10. The van der Waals surface area contributed by atoms with Crippen molar-refractivity contribution in [1.82, 2.24) is 9.47 Å². The molecule has 2 aromatic rings. The number of halogens is 1. The van der Waals surface area contributed by atoms with Gasteiger partial charge in [0.25, 0.3) is 0 Å². The van der Waals surface area contributed by atoms with Crippen LogP contribution in [0.3, 0.4) is 0 Å². The first-order valence-electron chi connectivity index (χ1n) is 7.29. The van der Waals surface area contributed by atoms with Gasteiger partial charge in [0.2, 0.25) is 5.91 Å². The summed E-state index contributed by atoms with van der Waals surface area (Å²) in [4.78, 5) is 14.2. The van der Waals surface area contributed by atoms with Gasteiger partial charge in [0.15, 0.2) is 0 Å². The molecule has 1 aliphatic heterocycles. The summed E-state index contributed by atoms with van der Waals surface area (Å²) in [7, 11) is 2.04. The average molecular weight is 286 g/mol. The van der Waals surface area contributed by atoms with Gasteiger partial charge in [-0.25, -0.2) is 4.39 Å². The zero-order valence-corrected chi connectivity index (χ0v) is 12.2. The second kappa shape index (κ2) is 5.72. The summed E-state index contributed by atoms with van der Waals surface area (Å²) in [6.45, 7) is 1.42. The van der Waals surface area contributed by atoms with Crippen molar-refractivity contribution in [3.05, 3.63) is 59.2 Å². The molecule has 0 radical (unpaired) electrons. The summed E-state index contributed by atoms with van der Waals surface area (Å²) in [5, 5.41) is 0. The van der Waals surface area contributed by atoms with Crippen molar-refractivity contribution in [2.24, 2.45) is 7.05 Å². The van der Waals surface area contributed by atoms with E-state index in [2.05, 4.69) is 10.6 Å². The number of carbonyl (C=O) groups excluding carboxylic acids is 1. The van der Waals surface area contributed by atoms with Gasteiger partial charge >= 0.3 is 0 Å². The number of amides is 1. The molecule has 21 heavy (non-hydrogen) atoms. The normalized spacial score (nSPS) is 14.1. The molecule has 1 aliphatic rings. The molecule has 4 heteroatoms. The van der Waals surface area contributed by atoms with Crippen LogP contribution in [0, 0.1) is 5.82 Å². The summed E-state index contributed by atoms with van der Waals surface area (Å²) in [6.07, 6.45) is 3.76. The Morgan fingerprint density at radius 3 is 2.90 bits per heavy atom. The van der Waals surface area contributed by atoms with Gasteiger partial charge in [-0.1, -0.05) is 18.2 Å². The zero-order chi connectivity index (χ0) is 14.8. The number of carbonyl (C=O) groups is 1. The molecule has 110 valence electrons. The SMILES string of the molecule is Cn1ccc2c1CCN(C(=O)CCc1ccccc1F)C2. The van der Waals surface area contributed by atoms with E-state index in [4.69, 9.17) is 0 Å². The molecular formula is C17H19FN2O. The largest absolute Gasteiger partial charge is 0.354 e. The summed E-state index contributed by atoms with van der Waals surface area (Å²) in [5.74, 6) is -0.123. The van der Waals surface area contributed by atoms with E-state index in [1.165, 1.54) is 17.3 Å². The predicted molar refractivity (Wildman–Crippen MR) is 79.3 cm³/mol. The lowest BCUT2D eigenvalue weighted by Crippen LogP contribution is -2.36. The van der Waals surface area contributed by atoms with E-state index >= 15 is 0 Å². The van der Waals surface area contributed by atoms with Crippen molar-refractivity contribution in [2.45, 2.75) is 25.8 Å². The van der Waals surface area contributed by atoms with E-state index in [-0.39, 0.29) is 11.7 Å². The van der Waals surface area contributed by atoms with E-state index in [1.807, 2.05) is 18.1 Å². The van der Waals surface area contributed by atoms with Gasteiger partial charge in [-0.15, -0.1) is 0 Å². The number of fused-ring (bicyclic) bond motifs is 1. The third-order valence-corrected chi connectivity index (χ3v) is 4.19. The number of rotatable bonds is 3. The number of benzene rings is 1. The van der Waals surface area contributed by atoms with Crippen LogP contribution in [0.25, 0.3) is 0 Å². The van der Waals surface area contributed by atoms with E-state index in [9.17, 15) is 9.18 Å². The first-order chi connectivity index (χ1) is 10.1. The molecule has 0 unspecified atom stereocenters. The Morgan fingerprint density at radius 1 is 1.29 bits per heavy atom. The highest BCUT2D eigenvalue weighted by molar-refractivity contribution is 5.76. The monoisotopic (exact) mass is 286 g/mol. The molecule has 0 aliphatic carbocycles. The molecule has 0 atom stereocenters. The smallest absolute Gasteiger partial charge is 0.223 e. The molecule has 0 saturated heterocycles. The summed E-state index contributed by atoms with van der Waals surface area (Å²) in [6, 6.07) is 8.74. The van der Waals surface area contributed by atoms with Crippen LogP contribution >= 0.6 is 0 Å². The quantitative estimate of drug-likeness (QED) is 0.851. The lowest BCUT2D eigenvalue weighted by molar-refractivity contribution is -0.132. The molecule has 0 bridgehead atoms. The third-order valence-electron chi connectivity index (χ3n) is 4.19. The Bertz CT molecular complexity index is 663. The molecule has 1 aromatic heterocycles. The van der Waals surface area contributed by atoms with Gasteiger partial charge < -0.3 is 9.47 Å². The minimum atomic E-state index is -0.228. The van der Waals surface area contributed by atoms with Crippen molar-refractivity contribution in [2.75, 3.05) is 6.54 Å². The van der Waals surface area contributed by atoms with Crippen LogP contribution in [0.4, 0.5) is 4.39 Å². The van der Waals surface area contributed by atoms with Crippen LogP contribution in [-0.2, 0) is 31.2 Å². The molecule has 0 fully saturated rings. The molecule has 1 aromatic carbocycles. The highest BCUT2D eigenvalue weighted by Crippen LogP contribution is 2.20. The lowest BCUT2D eigenvalue weighted by Gasteiger charge is -2.28. The second-order valence-electron chi connectivity index (χ2n) is 5.56. The Morgan fingerprint density at radius 2 is 2.10 bits per heavy atom.